The van der Waals surface area contributed by atoms with Crippen LogP contribution in [0.1, 0.15) is 60.6 Å². The van der Waals surface area contributed by atoms with Crippen molar-refractivity contribution in [2.24, 2.45) is 5.41 Å². The predicted octanol–water partition coefficient (Wildman–Crippen LogP) is 6.72. The molecule has 0 radical (unpaired) electrons. The third-order valence-electron chi connectivity index (χ3n) is 9.14. The quantitative estimate of drug-likeness (QED) is 0.190. The van der Waals surface area contributed by atoms with Gasteiger partial charge < -0.3 is 14.4 Å². The van der Waals surface area contributed by atoms with E-state index in [2.05, 4.69) is 6.07 Å². The highest BCUT2D eigenvalue weighted by Crippen LogP contribution is 2.62. The molecule has 4 aromatic carbocycles. The van der Waals surface area contributed by atoms with Gasteiger partial charge in [0.2, 0.25) is 0 Å². The smallest absolute Gasteiger partial charge is 0.186 e. The molecule has 1 saturated heterocycles. The highest BCUT2D eigenvalue weighted by Gasteiger charge is 2.72. The minimum absolute atomic E-state index is 0.199. The molecule has 3 atom stereocenters. The fraction of sp³-hybridized carbons (Fsp3) is 0.216. The molecule has 0 bridgehead atoms. The van der Waals surface area contributed by atoms with Crippen LogP contribution in [0, 0.1) is 12.3 Å². The highest BCUT2D eigenvalue weighted by atomic mass is 16.5. The summed E-state index contributed by atoms with van der Waals surface area (Å²) in [6.07, 6.45) is 3.93. The molecule has 4 aromatic rings. The summed E-state index contributed by atoms with van der Waals surface area (Å²) in [5.41, 5.74) is 3.12. The van der Waals surface area contributed by atoms with Crippen molar-refractivity contribution in [3.05, 3.63) is 130 Å². The number of nitrogens with zero attached hydrogens (tertiary/aromatic N) is 1. The van der Waals surface area contributed by atoms with Crippen molar-refractivity contribution in [3.8, 4) is 11.5 Å². The maximum absolute atomic E-state index is 14.9. The van der Waals surface area contributed by atoms with Crippen molar-refractivity contribution < 1.29 is 23.9 Å². The van der Waals surface area contributed by atoms with Crippen molar-refractivity contribution in [2.75, 3.05) is 18.6 Å². The summed E-state index contributed by atoms with van der Waals surface area (Å²) in [5, 5.41) is 0. The summed E-state index contributed by atoms with van der Waals surface area (Å²) in [7, 11) is 1.56. The lowest BCUT2D eigenvalue weighted by Gasteiger charge is -2.37. The van der Waals surface area contributed by atoms with Gasteiger partial charge in [0.15, 0.2) is 17.3 Å². The Labute approximate surface area is 250 Å². The van der Waals surface area contributed by atoms with Gasteiger partial charge >= 0.3 is 0 Å². The van der Waals surface area contributed by atoms with E-state index in [0.29, 0.717) is 40.4 Å². The van der Waals surface area contributed by atoms with Gasteiger partial charge in [-0.25, -0.2) is 0 Å². The maximum Gasteiger partial charge on any atom is 0.186 e. The number of methoxy groups -OCH3 is 1. The SMILES string of the molecule is CCOc1ccccc1[C@H]1[C@H](C(=O)c2cccc(OC)c2)N2c3ccc(C)cc3C=C[C@H]2C12C(=O)c1ccccc1C2=O. The van der Waals surface area contributed by atoms with E-state index in [0.717, 1.165) is 16.8 Å². The molecule has 1 fully saturated rings. The third-order valence-corrected chi connectivity index (χ3v) is 9.14. The van der Waals surface area contributed by atoms with E-state index < -0.39 is 23.4 Å². The van der Waals surface area contributed by atoms with Crippen molar-refractivity contribution in [3.63, 3.8) is 0 Å². The number of anilines is 1. The fourth-order valence-corrected chi connectivity index (χ4v) is 7.41. The normalized spacial score (nSPS) is 21.0. The number of Topliss-reactive ketones (excluding diaryl/α,β-unsaturated/α-hetero) is 3. The first kappa shape index (κ1) is 26.9. The van der Waals surface area contributed by atoms with Gasteiger partial charge in [-0.05, 0) is 49.7 Å². The van der Waals surface area contributed by atoms with Gasteiger partial charge in [-0.3, -0.25) is 14.4 Å². The van der Waals surface area contributed by atoms with E-state index in [1.165, 1.54) is 0 Å². The lowest BCUT2D eigenvalue weighted by atomic mass is 9.64. The first-order chi connectivity index (χ1) is 20.9. The topological polar surface area (TPSA) is 72.9 Å². The highest BCUT2D eigenvalue weighted by molar-refractivity contribution is 6.32. The number of fused-ring (bicyclic) bond motifs is 5. The Morgan fingerprint density at radius 1 is 0.884 bits per heavy atom. The second-order valence-corrected chi connectivity index (χ2v) is 11.3. The van der Waals surface area contributed by atoms with E-state index in [1.807, 2.05) is 67.3 Å². The molecule has 6 heteroatoms. The standard InChI is InChI=1S/C37H31NO5/c1-4-43-30-15-8-7-14-28(30)32-33(34(39)24-10-9-11-25(21-24)42-3)38-29-18-16-22(2)20-23(29)17-19-31(38)37(32)35(40)26-12-5-6-13-27(26)36(37)41/h5-21,31-33H,4H2,1-3H3/t31-,32-,33+/m0/s1. The zero-order valence-corrected chi connectivity index (χ0v) is 24.2. The molecule has 1 spiro atoms. The Bertz CT molecular complexity index is 1800. The number of rotatable bonds is 6. The summed E-state index contributed by atoms with van der Waals surface area (Å²) in [5.74, 6) is -0.460. The van der Waals surface area contributed by atoms with Crippen molar-refractivity contribution >= 4 is 29.1 Å². The molecule has 0 unspecified atom stereocenters. The zero-order valence-electron chi connectivity index (χ0n) is 24.2. The van der Waals surface area contributed by atoms with Crippen LogP contribution in [0.3, 0.4) is 0 Å². The Balaban J connectivity index is 1.56. The summed E-state index contributed by atoms with van der Waals surface area (Å²) in [6, 6.07) is 26.0. The lowest BCUT2D eigenvalue weighted by molar-refractivity contribution is 0.0664. The van der Waals surface area contributed by atoms with Gasteiger partial charge in [-0.1, -0.05) is 78.4 Å². The minimum atomic E-state index is -1.59. The van der Waals surface area contributed by atoms with Crippen LogP contribution in [-0.2, 0) is 0 Å². The molecule has 0 amide bonds. The number of aryl methyl sites for hydroxylation is 1. The zero-order chi connectivity index (χ0) is 29.9. The summed E-state index contributed by atoms with van der Waals surface area (Å²) >= 11 is 0. The first-order valence-corrected chi connectivity index (χ1v) is 14.6. The van der Waals surface area contributed by atoms with Gasteiger partial charge in [0.25, 0.3) is 0 Å². The maximum atomic E-state index is 14.9. The lowest BCUT2D eigenvalue weighted by Crippen LogP contribution is -2.48. The molecule has 1 aliphatic carbocycles. The van der Waals surface area contributed by atoms with Crippen LogP contribution >= 0.6 is 0 Å². The number of benzene rings is 4. The van der Waals surface area contributed by atoms with Gasteiger partial charge in [0.1, 0.15) is 23.0 Å². The summed E-state index contributed by atoms with van der Waals surface area (Å²) in [6.45, 7) is 4.31. The number of hydrogen-bond donors (Lipinski definition) is 0. The average molecular weight is 570 g/mol. The molecular formula is C37H31NO5. The van der Waals surface area contributed by atoms with Crippen molar-refractivity contribution in [1.29, 1.82) is 0 Å². The van der Waals surface area contributed by atoms with Crippen molar-refractivity contribution in [2.45, 2.75) is 31.8 Å². The molecule has 3 aliphatic rings. The molecule has 2 heterocycles. The van der Waals surface area contributed by atoms with Crippen LogP contribution in [-0.4, -0.2) is 43.2 Å². The van der Waals surface area contributed by atoms with Crippen LogP contribution in [0.5, 0.6) is 11.5 Å². The molecule has 0 saturated carbocycles. The Hall–Kier alpha value is -4.97. The number of carbonyl (C=O) groups excluding carboxylic acids is 3. The minimum Gasteiger partial charge on any atom is -0.497 e. The van der Waals surface area contributed by atoms with Crippen molar-refractivity contribution in [1.82, 2.24) is 0 Å². The molecule has 2 aliphatic heterocycles. The molecule has 214 valence electrons. The predicted molar refractivity (Wildman–Crippen MR) is 165 cm³/mol. The average Bonchev–Trinajstić information content (AvgIpc) is 3.47. The largest absolute Gasteiger partial charge is 0.497 e. The second-order valence-electron chi connectivity index (χ2n) is 11.3. The molecule has 6 nitrogen and oxygen atoms in total. The Kier molecular flexibility index (Phi) is 6.31. The molecule has 0 aromatic heterocycles. The fourth-order valence-electron chi connectivity index (χ4n) is 7.41. The van der Waals surface area contributed by atoms with Crippen LogP contribution in [0.25, 0.3) is 6.08 Å². The first-order valence-electron chi connectivity index (χ1n) is 14.6. The number of ether oxygens (including phenoxy) is 2. The number of ketones is 3. The van der Waals surface area contributed by atoms with Crippen LogP contribution in [0.2, 0.25) is 0 Å². The monoisotopic (exact) mass is 569 g/mol. The number of carbonyl (C=O) groups is 3. The van der Waals surface area contributed by atoms with Crippen LogP contribution in [0.15, 0.2) is 97.1 Å². The second kappa shape index (κ2) is 10.1. The molecular weight excluding hydrogens is 538 g/mol. The Morgan fingerprint density at radius 3 is 2.33 bits per heavy atom. The number of para-hydroxylation sites is 1. The molecule has 0 N–H and O–H groups in total. The van der Waals surface area contributed by atoms with E-state index in [9.17, 15) is 14.4 Å². The van der Waals surface area contributed by atoms with E-state index in [-0.39, 0.29) is 17.3 Å². The third kappa shape index (κ3) is 3.75. The Morgan fingerprint density at radius 2 is 1.60 bits per heavy atom. The van der Waals surface area contributed by atoms with Crippen LogP contribution < -0.4 is 14.4 Å². The molecule has 43 heavy (non-hydrogen) atoms. The summed E-state index contributed by atoms with van der Waals surface area (Å²) in [4.78, 5) is 46.7. The van der Waals surface area contributed by atoms with E-state index in [1.54, 1.807) is 55.6 Å². The van der Waals surface area contributed by atoms with Gasteiger partial charge in [0.05, 0.1) is 19.8 Å². The van der Waals surface area contributed by atoms with Gasteiger partial charge in [-0.2, -0.15) is 0 Å². The number of hydrogen-bond acceptors (Lipinski definition) is 6. The van der Waals surface area contributed by atoms with E-state index in [4.69, 9.17) is 9.47 Å². The molecule has 7 rings (SSSR count). The van der Waals surface area contributed by atoms with Crippen LogP contribution in [0.4, 0.5) is 5.69 Å². The van der Waals surface area contributed by atoms with E-state index >= 15 is 0 Å². The summed E-state index contributed by atoms with van der Waals surface area (Å²) < 4.78 is 11.6. The van der Waals surface area contributed by atoms with Gasteiger partial charge in [0, 0.05) is 33.9 Å². The van der Waals surface area contributed by atoms with Gasteiger partial charge in [-0.15, -0.1) is 0 Å².